The van der Waals surface area contributed by atoms with Crippen LogP contribution in [-0.4, -0.2) is 52.9 Å². The van der Waals surface area contributed by atoms with Gasteiger partial charge in [-0.3, -0.25) is 4.79 Å². The second kappa shape index (κ2) is 6.77. The first kappa shape index (κ1) is 16.3. The third-order valence-electron chi connectivity index (χ3n) is 4.02. The van der Waals surface area contributed by atoms with Crippen molar-refractivity contribution < 1.29 is 14.4 Å². The summed E-state index contributed by atoms with van der Waals surface area (Å²) in [4.78, 5) is 13.8. The molecule has 0 bridgehead atoms. The van der Waals surface area contributed by atoms with Gasteiger partial charge < -0.3 is 19.8 Å². The lowest BCUT2D eigenvalue weighted by Crippen LogP contribution is -2.38. The first-order valence-corrected chi connectivity index (χ1v) is 7.23. The molecule has 118 valence electrons. The molecule has 2 atom stereocenters. The van der Waals surface area contributed by atoms with Gasteiger partial charge in [0, 0.05) is 37.5 Å². The molecule has 2 N–H and O–H groups in total. The first-order chi connectivity index (χ1) is 9.61. The van der Waals surface area contributed by atoms with Gasteiger partial charge in [0.2, 0.25) is 5.91 Å². The van der Waals surface area contributed by atoms with Crippen LogP contribution in [0.15, 0.2) is 10.6 Å². The van der Waals surface area contributed by atoms with E-state index in [4.69, 9.17) is 4.52 Å². The molecule has 1 saturated carbocycles. The maximum atomic E-state index is 12.0. The van der Waals surface area contributed by atoms with Crippen molar-refractivity contribution in [3.05, 3.63) is 17.5 Å². The first-order valence-electron chi connectivity index (χ1n) is 7.23. The number of amides is 1. The number of aliphatic hydroxyl groups excluding tert-OH is 1. The number of carbonyl (C=O) groups excluding carboxylic acids is 1. The molecule has 2 fully saturated rings. The second-order valence-electron chi connectivity index (χ2n) is 5.92. The van der Waals surface area contributed by atoms with E-state index in [2.05, 4.69) is 10.5 Å². The zero-order valence-electron chi connectivity index (χ0n) is 12.1. The Morgan fingerprint density at radius 3 is 2.90 bits per heavy atom. The number of carbonyl (C=O) groups is 1. The molecular weight excluding hydrogens is 294 g/mol. The van der Waals surface area contributed by atoms with Crippen LogP contribution in [0.1, 0.15) is 24.3 Å². The number of aliphatic hydroxyl groups is 1. The number of β-amino-alcohol motifs (C(OH)–C–C–N with tert-alkyl or cyclic N) is 1. The number of hydrogen-bond donors (Lipinski definition) is 2. The van der Waals surface area contributed by atoms with Crippen molar-refractivity contribution in [2.45, 2.75) is 38.3 Å². The van der Waals surface area contributed by atoms with Crippen LogP contribution in [0.2, 0.25) is 0 Å². The zero-order valence-corrected chi connectivity index (χ0v) is 12.9. The lowest BCUT2D eigenvalue weighted by Gasteiger charge is -2.16. The average Bonchev–Trinajstić information content (AvgIpc) is 3.06. The Kier molecular flexibility index (Phi) is 5.24. The summed E-state index contributed by atoms with van der Waals surface area (Å²) < 4.78 is 5.18. The van der Waals surface area contributed by atoms with Crippen molar-refractivity contribution >= 4 is 18.3 Å². The van der Waals surface area contributed by atoms with Gasteiger partial charge in [-0.15, -0.1) is 12.4 Å². The molecule has 0 unspecified atom stereocenters. The number of rotatable bonds is 5. The molecule has 0 aromatic carbocycles. The number of halogens is 1. The largest absolute Gasteiger partial charge is 0.391 e. The molecule has 1 aliphatic heterocycles. The van der Waals surface area contributed by atoms with E-state index in [9.17, 15) is 9.90 Å². The Bertz CT molecular complexity index is 490. The quantitative estimate of drug-likeness (QED) is 0.828. The Hall–Kier alpha value is -1.11. The van der Waals surface area contributed by atoms with Gasteiger partial charge in [-0.1, -0.05) is 5.16 Å². The maximum absolute atomic E-state index is 12.0. The third kappa shape index (κ3) is 4.18. The molecule has 0 spiro atoms. The normalized spacial score (nSPS) is 25.0. The molecule has 3 rings (SSSR count). The number of aromatic nitrogens is 1. The number of hydrogen-bond acceptors (Lipinski definition) is 5. The monoisotopic (exact) mass is 315 g/mol. The fourth-order valence-electron chi connectivity index (χ4n) is 2.66. The standard InChI is InChI=1S/C14H21N3O3.ClH/c1-9-4-12(20-16-9)5-10-7-17(8-13(10)18)14(19)6-15-11-2-3-11;/h4,10-11,13,15,18H,2-3,5-8H2,1H3;1H/t10-,13-;/m1./s1. The van der Waals surface area contributed by atoms with Crippen LogP contribution >= 0.6 is 12.4 Å². The van der Waals surface area contributed by atoms with Crippen molar-refractivity contribution in [1.29, 1.82) is 0 Å². The number of nitrogens with zero attached hydrogens (tertiary/aromatic N) is 2. The van der Waals surface area contributed by atoms with Gasteiger partial charge in [0.25, 0.3) is 0 Å². The highest BCUT2D eigenvalue weighted by Crippen LogP contribution is 2.22. The van der Waals surface area contributed by atoms with Crippen molar-refractivity contribution in [2.75, 3.05) is 19.6 Å². The summed E-state index contributed by atoms with van der Waals surface area (Å²) in [5, 5.41) is 17.2. The van der Waals surface area contributed by atoms with Crippen LogP contribution in [-0.2, 0) is 11.2 Å². The molecule has 1 amide bonds. The van der Waals surface area contributed by atoms with Gasteiger partial charge >= 0.3 is 0 Å². The zero-order chi connectivity index (χ0) is 14.1. The fraction of sp³-hybridized carbons (Fsp3) is 0.714. The van der Waals surface area contributed by atoms with Crippen LogP contribution < -0.4 is 5.32 Å². The molecule has 2 aliphatic rings. The predicted octanol–water partition coefficient (Wildman–Crippen LogP) is 0.519. The highest BCUT2D eigenvalue weighted by molar-refractivity contribution is 5.85. The molecule has 0 radical (unpaired) electrons. The van der Waals surface area contributed by atoms with Crippen LogP contribution in [0.5, 0.6) is 0 Å². The summed E-state index contributed by atoms with van der Waals surface area (Å²) >= 11 is 0. The van der Waals surface area contributed by atoms with E-state index in [1.807, 2.05) is 13.0 Å². The Morgan fingerprint density at radius 1 is 1.52 bits per heavy atom. The number of aryl methyl sites for hydroxylation is 1. The van der Waals surface area contributed by atoms with E-state index in [1.165, 1.54) is 12.8 Å². The Labute approximate surface area is 130 Å². The minimum Gasteiger partial charge on any atom is -0.391 e. The SMILES string of the molecule is Cc1cc(C[C@@H]2CN(C(=O)CNC3CC3)C[C@H]2O)on1.Cl. The van der Waals surface area contributed by atoms with E-state index in [0.29, 0.717) is 32.1 Å². The minimum atomic E-state index is -0.481. The third-order valence-corrected chi connectivity index (χ3v) is 4.02. The van der Waals surface area contributed by atoms with Crippen LogP contribution in [0.25, 0.3) is 0 Å². The molecule has 1 saturated heterocycles. The van der Waals surface area contributed by atoms with E-state index >= 15 is 0 Å². The van der Waals surface area contributed by atoms with Crippen LogP contribution in [0.4, 0.5) is 0 Å². The molecule has 2 heterocycles. The molecule has 6 nitrogen and oxygen atoms in total. The van der Waals surface area contributed by atoms with Gasteiger partial charge in [0.05, 0.1) is 18.3 Å². The molecular formula is C14H22ClN3O3. The Balaban J connectivity index is 0.00000161. The maximum Gasteiger partial charge on any atom is 0.236 e. The summed E-state index contributed by atoms with van der Waals surface area (Å²) in [7, 11) is 0. The second-order valence-corrected chi connectivity index (χ2v) is 5.92. The fourth-order valence-corrected chi connectivity index (χ4v) is 2.66. The molecule has 1 aliphatic carbocycles. The van der Waals surface area contributed by atoms with Crippen LogP contribution in [0.3, 0.4) is 0 Å². The smallest absolute Gasteiger partial charge is 0.236 e. The van der Waals surface area contributed by atoms with E-state index in [-0.39, 0.29) is 24.2 Å². The van der Waals surface area contributed by atoms with Gasteiger partial charge in [-0.2, -0.15) is 0 Å². The molecule has 7 heteroatoms. The predicted molar refractivity (Wildman–Crippen MR) is 79.3 cm³/mol. The van der Waals surface area contributed by atoms with Gasteiger partial charge in [-0.25, -0.2) is 0 Å². The summed E-state index contributed by atoms with van der Waals surface area (Å²) in [6, 6.07) is 2.41. The van der Waals surface area contributed by atoms with Crippen molar-refractivity contribution in [2.24, 2.45) is 5.92 Å². The number of nitrogens with one attached hydrogen (secondary N) is 1. The highest BCUT2D eigenvalue weighted by atomic mass is 35.5. The molecule has 21 heavy (non-hydrogen) atoms. The van der Waals surface area contributed by atoms with E-state index in [1.54, 1.807) is 4.90 Å². The lowest BCUT2D eigenvalue weighted by molar-refractivity contribution is -0.129. The number of likely N-dealkylation sites (tertiary alicyclic amines) is 1. The van der Waals surface area contributed by atoms with Gasteiger partial charge in [0.15, 0.2) is 0 Å². The van der Waals surface area contributed by atoms with Gasteiger partial charge in [0.1, 0.15) is 5.76 Å². The molecule has 1 aromatic rings. The molecule has 1 aromatic heterocycles. The lowest BCUT2D eigenvalue weighted by atomic mass is 10.0. The van der Waals surface area contributed by atoms with Crippen LogP contribution in [0, 0.1) is 12.8 Å². The van der Waals surface area contributed by atoms with Crippen molar-refractivity contribution in [3.8, 4) is 0 Å². The topological polar surface area (TPSA) is 78.6 Å². The average molecular weight is 316 g/mol. The van der Waals surface area contributed by atoms with Gasteiger partial charge in [-0.05, 0) is 19.8 Å². The highest BCUT2D eigenvalue weighted by Gasteiger charge is 2.35. The van der Waals surface area contributed by atoms with E-state index < -0.39 is 6.10 Å². The van der Waals surface area contributed by atoms with Crippen molar-refractivity contribution in [3.63, 3.8) is 0 Å². The summed E-state index contributed by atoms with van der Waals surface area (Å²) in [6.45, 7) is 3.26. The summed E-state index contributed by atoms with van der Waals surface area (Å²) in [5.41, 5.74) is 0.842. The van der Waals surface area contributed by atoms with Crippen molar-refractivity contribution in [1.82, 2.24) is 15.4 Å². The summed E-state index contributed by atoms with van der Waals surface area (Å²) in [5.74, 6) is 0.886. The Morgan fingerprint density at radius 2 is 2.29 bits per heavy atom. The minimum absolute atomic E-state index is 0. The van der Waals surface area contributed by atoms with E-state index in [0.717, 1.165) is 11.5 Å². The summed E-state index contributed by atoms with van der Waals surface area (Å²) in [6.07, 6.45) is 2.49.